The molecule has 1 aromatic rings. The van der Waals surface area contributed by atoms with Gasteiger partial charge < -0.3 is 5.32 Å². The summed E-state index contributed by atoms with van der Waals surface area (Å²) >= 11 is 0. The van der Waals surface area contributed by atoms with Crippen LogP contribution in [-0.2, 0) is 0 Å². The Morgan fingerprint density at radius 3 is 2.65 bits per heavy atom. The van der Waals surface area contributed by atoms with Crippen molar-refractivity contribution in [2.24, 2.45) is 0 Å². The lowest BCUT2D eigenvalue weighted by Gasteiger charge is -2.31. The van der Waals surface area contributed by atoms with Crippen molar-refractivity contribution < 1.29 is 8.78 Å². The van der Waals surface area contributed by atoms with E-state index in [-0.39, 0.29) is 5.56 Å². The van der Waals surface area contributed by atoms with Gasteiger partial charge in [0.15, 0.2) is 0 Å². The zero-order valence-corrected chi connectivity index (χ0v) is 9.29. The van der Waals surface area contributed by atoms with Gasteiger partial charge in [-0.15, -0.1) is 0 Å². The van der Waals surface area contributed by atoms with E-state index in [1.807, 2.05) is 11.0 Å². The number of nitriles is 1. The highest BCUT2D eigenvalue weighted by molar-refractivity contribution is 5.27. The molecule has 3 nitrogen and oxygen atoms in total. The molecule has 0 amide bonds. The van der Waals surface area contributed by atoms with Gasteiger partial charge in [-0.2, -0.15) is 5.26 Å². The molecule has 1 unspecified atom stereocenters. The average Bonchev–Trinajstić information content (AvgIpc) is 2.36. The molecule has 1 aliphatic rings. The van der Waals surface area contributed by atoms with Crippen LogP contribution in [0.1, 0.15) is 11.6 Å². The molecule has 17 heavy (non-hydrogen) atoms. The largest absolute Gasteiger partial charge is 0.314 e. The van der Waals surface area contributed by atoms with Crippen molar-refractivity contribution in [2.75, 3.05) is 26.2 Å². The summed E-state index contributed by atoms with van der Waals surface area (Å²) in [5, 5.41) is 12.3. The molecule has 0 aromatic heterocycles. The fraction of sp³-hybridized carbons (Fsp3) is 0.417. The predicted octanol–water partition coefficient (Wildman–Crippen LogP) is 1.43. The molecule has 0 radical (unpaired) electrons. The summed E-state index contributed by atoms with van der Waals surface area (Å²) in [6, 6.07) is 4.56. The van der Waals surface area contributed by atoms with Gasteiger partial charge in [-0.25, -0.2) is 8.78 Å². The fourth-order valence-corrected chi connectivity index (χ4v) is 2.01. The van der Waals surface area contributed by atoms with Gasteiger partial charge >= 0.3 is 0 Å². The number of piperazine rings is 1. The van der Waals surface area contributed by atoms with E-state index in [2.05, 4.69) is 5.32 Å². The van der Waals surface area contributed by atoms with Crippen LogP contribution in [0.15, 0.2) is 18.2 Å². The van der Waals surface area contributed by atoms with Crippen LogP contribution >= 0.6 is 0 Å². The highest BCUT2D eigenvalue weighted by Gasteiger charge is 2.24. The molecule has 1 heterocycles. The predicted molar refractivity (Wildman–Crippen MR) is 59.2 cm³/mol. The Kier molecular flexibility index (Phi) is 3.67. The summed E-state index contributed by atoms with van der Waals surface area (Å²) in [5.41, 5.74) is 0.120. The monoisotopic (exact) mass is 237 g/mol. The van der Waals surface area contributed by atoms with Gasteiger partial charge in [0.25, 0.3) is 0 Å². The van der Waals surface area contributed by atoms with Gasteiger partial charge in [0.1, 0.15) is 17.7 Å². The zero-order valence-electron chi connectivity index (χ0n) is 9.29. The van der Waals surface area contributed by atoms with Crippen LogP contribution < -0.4 is 5.32 Å². The normalized spacial score (nSPS) is 18.6. The molecule has 1 atom stereocenters. The molecule has 0 saturated carbocycles. The molecule has 1 saturated heterocycles. The second-order valence-corrected chi connectivity index (χ2v) is 3.98. The van der Waals surface area contributed by atoms with Crippen molar-refractivity contribution in [1.82, 2.24) is 10.2 Å². The van der Waals surface area contributed by atoms with Crippen LogP contribution in [-0.4, -0.2) is 31.1 Å². The third-order valence-electron chi connectivity index (χ3n) is 2.89. The van der Waals surface area contributed by atoms with Crippen LogP contribution in [0, 0.1) is 23.0 Å². The first-order valence-corrected chi connectivity index (χ1v) is 5.51. The maximum atomic E-state index is 13.6. The molecule has 1 aromatic carbocycles. The number of halogens is 2. The van der Waals surface area contributed by atoms with E-state index in [0.29, 0.717) is 13.1 Å². The number of nitrogens with zero attached hydrogens (tertiary/aromatic N) is 2. The molecular weight excluding hydrogens is 224 g/mol. The summed E-state index contributed by atoms with van der Waals surface area (Å²) in [5.74, 6) is -1.05. The number of benzene rings is 1. The minimum absolute atomic E-state index is 0.120. The van der Waals surface area contributed by atoms with Gasteiger partial charge in [0.2, 0.25) is 0 Å². The van der Waals surface area contributed by atoms with Crippen molar-refractivity contribution in [3.63, 3.8) is 0 Å². The summed E-state index contributed by atoms with van der Waals surface area (Å²) in [6.45, 7) is 2.84. The summed E-state index contributed by atoms with van der Waals surface area (Å²) < 4.78 is 26.7. The van der Waals surface area contributed by atoms with Crippen molar-refractivity contribution in [2.45, 2.75) is 6.04 Å². The van der Waals surface area contributed by atoms with Gasteiger partial charge in [0.05, 0.1) is 6.07 Å². The van der Waals surface area contributed by atoms with Gasteiger partial charge in [-0.3, -0.25) is 4.90 Å². The Labute approximate surface area is 98.6 Å². The van der Waals surface area contributed by atoms with E-state index < -0.39 is 17.7 Å². The second-order valence-electron chi connectivity index (χ2n) is 3.98. The molecule has 5 heteroatoms. The summed E-state index contributed by atoms with van der Waals surface area (Å²) in [7, 11) is 0. The summed E-state index contributed by atoms with van der Waals surface area (Å²) in [6.07, 6.45) is 0. The topological polar surface area (TPSA) is 39.1 Å². The van der Waals surface area contributed by atoms with E-state index >= 15 is 0 Å². The third-order valence-corrected chi connectivity index (χ3v) is 2.89. The van der Waals surface area contributed by atoms with Crippen LogP contribution in [0.5, 0.6) is 0 Å². The number of rotatable bonds is 2. The van der Waals surface area contributed by atoms with Gasteiger partial charge in [-0.05, 0) is 18.2 Å². The molecular formula is C12H13F2N3. The van der Waals surface area contributed by atoms with E-state index in [1.54, 1.807) is 0 Å². The lowest BCUT2D eigenvalue weighted by molar-refractivity contribution is 0.204. The minimum Gasteiger partial charge on any atom is -0.314 e. The molecule has 0 aliphatic carbocycles. The second kappa shape index (κ2) is 5.21. The Morgan fingerprint density at radius 1 is 1.29 bits per heavy atom. The molecule has 1 fully saturated rings. The molecule has 90 valence electrons. The summed E-state index contributed by atoms with van der Waals surface area (Å²) in [4.78, 5) is 1.86. The molecule has 2 rings (SSSR count). The first kappa shape index (κ1) is 12.0. The van der Waals surface area contributed by atoms with E-state index in [9.17, 15) is 8.78 Å². The smallest absolute Gasteiger partial charge is 0.129 e. The van der Waals surface area contributed by atoms with E-state index in [0.717, 1.165) is 31.3 Å². The molecule has 1 N–H and O–H groups in total. The highest BCUT2D eigenvalue weighted by atomic mass is 19.1. The molecule has 0 spiro atoms. The van der Waals surface area contributed by atoms with Crippen molar-refractivity contribution >= 4 is 0 Å². The van der Waals surface area contributed by atoms with Crippen LogP contribution in [0.25, 0.3) is 0 Å². The maximum Gasteiger partial charge on any atom is 0.129 e. The maximum absolute atomic E-state index is 13.6. The van der Waals surface area contributed by atoms with Crippen LogP contribution in [0.3, 0.4) is 0 Å². The fourth-order valence-electron chi connectivity index (χ4n) is 2.01. The van der Waals surface area contributed by atoms with Crippen LogP contribution in [0.4, 0.5) is 8.78 Å². The van der Waals surface area contributed by atoms with Crippen molar-refractivity contribution in [3.8, 4) is 6.07 Å². The highest BCUT2D eigenvalue weighted by Crippen LogP contribution is 2.23. The van der Waals surface area contributed by atoms with E-state index in [1.165, 1.54) is 0 Å². The minimum atomic E-state index is -0.715. The Balaban J connectivity index is 2.28. The number of hydrogen-bond donors (Lipinski definition) is 1. The Morgan fingerprint density at radius 2 is 2.00 bits per heavy atom. The van der Waals surface area contributed by atoms with Gasteiger partial charge in [-0.1, -0.05) is 0 Å². The third kappa shape index (κ3) is 2.60. The standard InChI is InChI=1S/C12H13F2N3/c13-9-1-2-11(14)10(7-9)12(8-15)17-5-3-16-4-6-17/h1-2,7,12,16H,3-6H2. The number of nitrogens with one attached hydrogen (secondary N) is 1. The SMILES string of the molecule is N#CC(c1cc(F)ccc1F)N1CCNCC1. The molecule has 1 aliphatic heterocycles. The quantitative estimate of drug-likeness (QED) is 0.845. The van der Waals surface area contributed by atoms with Crippen molar-refractivity contribution in [3.05, 3.63) is 35.4 Å². The molecule has 0 bridgehead atoms. The lowest BCUT2D eigenvalue weighted by atomic mass is 10.0. The Bertz CT molecular complexity index is 436. The van der Waals surface area contributed by atoms with Crippen molar-refractivity contribution in [1.29, 1.82) is 5.26 Å². The lowest BCUT2D eigenvalue weighted by Crippen LogP contribution is -2.45. The van der Waals surface area contributed by atoms with Crippen LogP contribution in [0.2, 0.25) is 0 Å². The first-order chi connectivity index (χ1) is 8.22. The van der Waals surface area contributed by atoms with E-state index in [4.69, 9.17) is 5.26 Å². The zero-order chi connectivity index (χ0) is 12.3. The van der Waals surface area contributed by atoms with Gasteiger partial charge in [0, 0.05) is 31.7 Å². The first-order valence-electron chi connectivity index (χ1n) is 5.51. The number of hydrogen-bond acceptors (Lipinski definition) is 3. The average molecular weight is 237 g/mol. The Hall–Kier alpha value is -1.51.